The molecule has 0 aliphatic rings. The summed E-state index contributed by atoms with van der Waals surface area (Å²) in [5, 5.41) is 0.883. The first kappa shape index (κ1) is 14.1. The van der Waals surface area contributed by atoms with Gasteiger partial charge in [-0.15, -0.1) is 0 Å². The third kappa shape index (κ3) is 4.10. The summed E-state index contributed by atoms with van der Waals surface area (Å²) in [6, 6.07) is 4.92. The zero-order chi connectivity index (χ0) is 12.8. The summed E-state index contributed by atoms with van der Waals surface area (Å²) in [6.07, 6.45) is 0. The summed E-state index contributed by atoms with van der Waals surface area (Å²) in [7, 11) is 0. The molecule has 0 aliphatic carbocycles. The number of hydrogen-bond donors (Lipinski definition) is 0. The summed E-state index contributed by atoms with van der Waals surface area (Å²) in [5.41, 5.74) is 0. The van der Waals surface area contributed by atoms with Gasteiger partial charge in [0.1, 0.15) is 5.75 Å². The number of carbonyl (C=O) groups excluding carboxylic acids is 1. The minimum absolute atomic E-state index is 0.0135. The Morgan fingerprint density at radius 1 is 1.24 bits per heavy atom. The maximum atomic E-state index is 11.7. The lowest BCUT2D eigenvalue weighted by Gasteiger charge is -2.18. The molecule has 1 amide bonds. The first-order valence-electron chi connectivity index (χ1n) is 5.44. The first-order valence-corrected chi connectivity index (χ1v) is 6.19. The van der Waals surface area contributed by atoms with Crippen LogP contribution in [0.15, 0.2) is 18.2 Å². The summed E-state index contributed by atoms with van der Waals surface area (Å²) < 4.78 is 5.35. The van der Waals surface area contributed by atoms with Crippen molar-refractivity contribution in [1.82, 2.24) is 4.90 Å². The van der Waals surface area contributed by atoms with Crippen molar-refractivity contribution in [3.63, 3.8) is 0 Å². The molecular formula is C12H15Cl2NO2. The standard InChI is InChI=1S/C12H15Cl2NO2/c1-3-15(4-2)12(16)8-17-9-5-6-10(13)11(14)7-9/h5-7H,3-4,8H2,1-2H3. The lowest BCUT2D eigenvalue weighted by atomic mass is 10.3. The fourth-order valence-corrected chi connectivity index (χ4v) is 1.67. The topological polar surface area (TPSA) is 29.5 Å². The van der Waals surface area contributed by atoms with Crippen LogP contribution in [-0.2, 0) is 4.79 Å². The van der Waals surface area contributed by atoms with Crippen LogP contribution in [-0.4, -0.2) is 30.5 Å². The van der Waals surface area contributed by atoms with E-state index in [0.29, 0.717) is 28.9 Å². The fraction of sp³-hybridized carbons (Fsp3) is 0.417. The van der Waals surface area contributed by atoms with Gasteiger partial charge in [-0.3, -0.25) is 4.79 Å². The second-order valence-corrected chi connectivity index (χ2v) is 4.25. The normalized spacial score (nSPS) is 10.1. The van der Waals surface area contributed by atoms with E-state index in [-0.39, 0.29) is 12.5 Å². The van der Waals surface area contributed by atoms with Gasteiger partial charge in [0.2, 0.25) is 0 Å². The Labute approximate surface area is 111 Å². The van der Waals surface area contributed by atoms with Crippen molar-refractivity contribution in [1.29, 1.82) is 0 Å². The van der Waals surface area contributed by atoms with Crippen LogP contribution in [0.4, 0.5) is 0 Å². The number of likely N-dealkylation sites (N-methyl/N-ethyl adjacent to an activating group) is 1. The lowest BCUT2D eigenvalue weighted by molar-refractivity contribution is -0.132. The second kappa shape index (κ2) is 6.72. The van der Waals surface area contributed by atoms with Crippen LogP contribution in [0, 0.1) is 0 Å². The number of benzene rings is 1. The van der Waals surface area contributed by atoms with Crippen molar-refractivity contribution in [3.8, 4) is 5.75 Å². The maximum absolute atomic E-state index is 11.7. The van der Waals surface area contributed by atoms with E-state index < -0.39 is 0 Å². The smallest absolute Gasteiger partial charge is 0.260 e. The Hall–Kier alpha value is -0.930. The Kier molecular flexibility index (Phi) is 5.59. The van der Waals surface area contributed by atoms with Crippen molar-refractivity contribution >= 4 is 29.1 Å². The lowest BCUT2D eigenvalue weighted by Crippen LogP contribution is -2.34. The van der Waals surface area contributed by atoms with E-state index >= 15 is 0 Å². The molecule has 0 unspecified atom stereocenters. The third-order valence-corrected chi connectivity index (χ3v) is 3.11. The number of nitrogens with zero attached hydrogens (tertiary/aromatic N) is 1. The van der Waals surface area contributed by atoms with E-state index in [9.17, 15) is 4.79 Å². The van der Waals surface area contributed by atoms with E-state index in [1.54, 1.807) is 23.1 Å². The molecule has 17 heavy (non-hydrogen) atoms. The predicted molar refractivity (Wildman–Crippen MR) is 69.9 cm³/mol. The molecule has 0 bridgehead atoms. The third-order valence-electron chi connectivity index (χ3n) is 2.37. The van der Waals surface area contributed by atoms with Gasteiger partial charge in [-0.1, -0.05) is 23.2 Å². The first-order chi connectivity index (χ1) is 8.08. The number of carbonyl (C=O) groups is 1. The molecule has 1 aromatic carbocycles. The van der Waals surface area contributed by atoms with Gasteiger partial charge in [-0.2, -0.15) is 0 Å². The van der Waals surface area contributed by atoms with Gasteiger partial charge in [-0.25, -0.2) is 0 Å². The molecule has 3 nitrogen and oxygen atoms in total. The summed E-state index contributed by atoms with van der Waals surface area (Å²) in [4.78, 5) is 13.4. The van der Waals surface area contributed by atoms with E-state index in [4.69, 9.17) is 27.9 Å². The molecule has 1 aromatic rings. The molecule has 94 valence electrons. The number of rotatable bonds is 5. The second-order valence-electron chi connectivity index (χ2n) is 3.43. The van der Waals surface area contributed by atoms with Crippen molar-refractivity contribution in [3.05, 3.63) is 28.2 Å². The van der Waals surface area contributed by atoms with Gasteiger partial charge in [0.15, 0.2) is 6.61 Å². The minimum atomic E-state index is -0.0407. The summed E-state index contributed by atoms with van der Waals surface area (Å²) in [6.45, 7) is 5.24. The maximum Gasteiger partial charge on any atom is 0.260 e. The Morgan fingerprint density at radius 2 is 1.88 bits per heavy atom. The molecule has 1 rings (SSSR count). The monoisotopic (exact) mass is 275 g/mol. The predicted octanol–water partition coefficient (Wildman–Crippen LogP) is 3.24. The molecule has 0 saturated heterocycles. The number of hydrogen-bond acceptors (Lipinski definition) is 2. The Balaban J connectivity index is 2.55. The van der Waals surface area contributed by atoms with Crippen LogP contribution in [0.5, 0.6) is 5.75 Å². The van der Waals surface area contributed by atoms with Gasteiger partial charge in [-0.05, 0) is 26.0 Å². The van der Waals surface area contributed by atoms with Crippen LogP contribution in [0.2, 0.25) is 10.0 Å². The Morgan fingerprint density at radius 3 is 2.41 bits per heavy atom. The average Bonchev–Trinajstić information content (AvgIpc) is 2.32. The number of halogens is 2. The van der Waals surface area contributed by atoms with Crippen LogP contribution < -0.4 is 4.74 Å². The van der Waals surface area contributed by atoms with Crippen molar-refractivity contribution < 1.29 is 9.53 Å². The molecule has 0 fully saturated rings. The molecule has 0 radical (unpaired) electrons. The van der Waals surface area contributed by atoms with E-state index in [1.807, 2.05) is 13.8 Å². The van der Waals surface area contributed by atoms with Gasteiger partial charge in [0, 0.05) is 19.2 Å². The highest BCUT2D eigenvalue weighted by molar-refractivity contribution is 6.42. The minimum Gasteiger partial charge on any atom is -0.484 e. The molecule has 0 atom stereocenters. The van der Waals surface area contributed by atoms with Crippen LogP contribution in [0.1, 0.15) is 13.8 Å². The highest BCUT2D eigenvalue weighted by atomic mass is 35.5. The van der Waals surface area contributed by atoms with Gasteiger partial charge in [0.05, 0.1) is 10.0 Å². The Bertz CT molecular complexity index is 392. The summed E-state index contributed by atoms with van der Waals surface area (Å²) in [5.74, 6) is 0.501. The molecule has 0 aliphatic heterocycles. The quantitative estimate of drug-likeness (QED) is 0.826. The summed E-state index contributed by atoms with van der Waals surface area (Å²) >= 11 is 11.6. The van der Waals surface area contributed by atoms with Gasteiger partial charge < -0.3 is 9.64 Å². The van der Waals surface area contributed by atoms with Crippen LogP contribution in [0.3, 0.4) is 0 Å². The van der Waals surface area contributed by atoms with Gasteiger partial charge in [0.25, 0.3) is 5.91 Å². The van der Waals surface area contributed by atoms with E-state index in [0.717, 1.165) is 0 Å². The van der Waals surface area contributed by atoms with E-state index in [1.165, 1.54) is 0 Å². The number of ether oxygens (including phenoxy) is 1. The fourth-order valence-electron chi connectivity index (χ4n) is 1.38. The molecule has 0 aromatic heterocycles. The van der Waals surface area contributed by atoms with Crippen LogP contribution >= 0.6 is 23.2 Å². The van der Waals surface area contributed by atoms with Gasteiger partial charge >= 0.3 is 0 Å². The van der Waals surface area contributed by atoms with Crippen molar-refractivity contribution in [2.75, 3.05) is 19.7 Å². The molecule has 0 saturated carbocycles. The van der Waals surface area contributed by atoms with Crippen molar-refractivity contribution in [2.45, 2.75) is 13.8 Å². The largest absolute Gasteiger partial charge is 0.484 e. The molecular weight excluding hydrogens is 261 g/mol. The zero-order valence-corrected chi connectivity index (χ0v) is 11.4. The molecule has 5 heteroatoms. The SMILES string of the molecule is CCN(CC)C(=O)COc1ccc(Cl)c(Cl)c1. The molecule has 0 spiro atoms. The molecule has 0 N–H and O–H groups in total. The highest BCUT2D eigenvalue weighted by Gasteiger charge is 2.10. The molecule has 0 heterocycles. The highest BCUT2D eigenvalue weighted by Crippen LogP contribution is 2.26. The van der Waals surface area contributed by atoms with E-state index in [2.05, 4.69) is 0 Å². The van der Waals surface area contributed by atoms with Crippen molar-refractivity contribution in [2.24, 2.45) is 0 Å². The number of amides is 1. The van der Waals surface area contributed by atoms with Crippen LogP contribution in [0.25, 0.3) is 0 Å². The zero-order valence-electron chi connectivity index (χ0n) is 9.87. The average molecular weight is 276 g/mol.